The zero-order valence-electron chi connectivity index (χ0n) is 10.1. The van der Waals surface area contributed by atoms with Crippen molar-refractivity contribution in [3.8, 4) is 0 Å². The maximum atomic E-state index is 11.5. The molecule has 5 heteroatoms. The number of hydrogen-bond acceptors (Lipinski definition) is 3. The van der Waals surface area contributed by atoms with Crippen LogP contribution in [0.1, 0.15) is 17.5 Å². The van der Waals surface area contributed by atoms with Crippen molar-refractivity contribution in [3.05, 3.63) is 35.4 Å². The van der Waals surface area contributed by atoms with E-state index in [0.29, 0.717) is 13.0 Å². The van der Waals surface area contributed by atoms with Gasteiger partial charge in [-0.3, -0.25) is 19.8 Å². The van der Waals surface area contributed by atoms with Crippen LogP contribution in [0.4, 0.5) is 4.79 Å². The van der Waals surface area contributed by atoms with Crippen LogP contribution in [0.15, 0.2) is 24.3 Å². The maximum absolute atomic E-state index is 11.5. The van der Waals surface area contributed by atoms with Crippen LogP contribution in [0.25, 0.3) is 0 Å². The Bertz CT molecular complexity index is 491. The minimum Gasteiger partial charge on any atom is -0.277 e. The van der Waals surface area contributed by atoms with Crippen LogP contribution in [0.2, 0.25) is 0 Å². The summed E-state index contributed by atoms with van der Waals surface area (Å²) >= 11 is 0. The fraction of sp³-hybridized carbons (Fsp3) is 0.308. The summed E-state index contributed by atoms with van der Waals surface area (Å²) in [6.45, 7) is 2.28. The Morgan fingerprint density at radius 2 is 2.06 bits per heavy atom. The minimum absolute atomic E-state index is 0.250. The number of nitrogens with zero attached hydrogens (tertiary/aromatic N) is 1. The predicted octanol–water partition coefficient (Wildman–Crippen LogP) is 1.01. The third-order valence-corrected chi connectivity index (χ3v) is 2.81. The molecule has 2 rings (SSSR count). The molecule has 1 heterocycles. The van der Waals surface area contributed by atoms with E-state index in [1.54, 1.807) is 0 Å². The zero-order valence-corrected chi connectivity index (χ0v) is 10.1. The SMILES string of the molecule is Cc1cccc(CCN2C(=O)CC(=O)NC2=O)c1. The lowest BCUT2D eigenvalue weighted by Gasteiger charge is -2.24. The molecular weight excluding hydrogens is 232 g/mol. The van der Waals surface area contributed by atoms with Gasteiger partial charge in [0.15, 0.2) is 0 Å². The number of carbonyl (C=O) groups excluding carboxylic acids is 3. The summed E-state index contributed by atoms with van der Waals surface area (Å²) in [4.78, 5) is 35.1. The van der Waals surface area contributed by atoms with Gasteiger partial charge in [0.05, 0.1) is 0 Å². The van der Waals surface area contributed by atoms with Gasteiger partial charge in [-0.15, -0.1) is 0 Å². The van der Waals surface area contributed by atoms with Gasteiger partial charge in [0, 0.05) is 6.54 Å². The number of urea groups is 1. The van der Waals surface area contributed by atoms with Crippen LogP contribution in [0.5, 0.6) is 0 Å². The van der Waals surface area contributed by atoms with E-state index >= 15 is 0 Å². The molecule has 1 fully saturated rings. The number of carbonyl (C=O) groups is 3. The number of hydrogen-bond donors (Lipinski definition) is 1. The Kier molecular flexibility index (Phi) is 3.41. The van der Waals surface area contributed by atoms with E-state index in [-0.39, 0.29) is 6.42 Å². The molecule has 1 saturated heterocycles. The number of benzene rings is 1. The van der Waals surface area contributed by atoms with Crippen molar-refractivity contribution in [2.24, 2.45) is 0 Å². The molecule has 0 aliphatic carbocycles. The standard InChI is InChI=1S/C13H14N2O3/c1-9-3-2-4-10(7-9)5-6-15-12(17)8-11(16)14-13(15)18/h2-4,7H,5-6,8H2,1H3,(H,14,16,18). The van der Waals surface area contributed by atoms with Gasteiger partial charge in [-0.25, -0.2) is 4.79 Å². The van der Waals surface area contributed by atoms with E-state index in [0.717, 1.165) is 16.0 Å². The van der Waals surface area contributed by atoms with Crippen molar-refractivity contribution >= 4 is 17.8 Å². The molecule has 0 atom stereocenters. The van der Waals surface area contributed by atoms with Crippen molar-refractivity contribution in [2.75, 3.05) is 6.54 Å². The highest BCUT2D eigenvalue weighted by atomic mass is 16.2. The van der Waals surface area contributed by atoms with Gasteiger partial charge in [-0.2, -0.15) is 0 Å². The van der Waals surface area contributed by atoms with Crippen LogP contribution < -0.4 is 5.32 Å². The van der Waals surface area contributed by atoms with Gasteiger partial charge in [0.25, 0.3) is 0 Å². The number of rotatable bonds is 3. The largest absolute Gasteiger partial charge is 0.330 e. The van der Waals surface area contributed by atoms with Gasteiger partial charge in [0.1, 0.15) is 6.42 Å². The van der Waals surface area contributed by atoms with Crippen LogP contribution >= 0.6 is 0 Å². The van der Waals surface area contributed by atoms with Gasteiger partial charge in [-0.1, -0.05) is 29.8 Å². The second-order valence-electron chi connectivity index (χ2n) is 4.31. The molecule has 0 bridgehead atoms. The molecule has 0 spiro atoms. The van der Waals surface area contributed by atoms with Gasteiger partial charge < -0.3 is 0 Å². The number of barbiturate groups is 1. The smallest absolute Gasteiger partial charge is 0.277 e. The molecule has 1 aromatic carbocycles. The molecule has 4 amide bonds. The number of imide groups is 2. The van der Waals surface area contributed by atoms with E-state index < -0.39 is 17.8 Å². The molecule has 94 valence electrons. The molecule has 5 nitrogen and oxygen atoms in total. The van der Waals surface area contributed by atoms with E-state index in [2.05, 4.69) is 5.32 Å². The topological polar surface area (TPSA) is 66.5 Å². The Morgan fingerprint density at radius 3 is 2.72 bits per heavy atom. The van der Waals surface area contributed by atoms with Crippen molar-refractivity contribution in [1.29, 1.82) is 0 Å². The normalized spacial score (nSPS) is 15.8. The van der Waals surface area contributed by atoms with E-state index in [1.165, 1.54) is 0 Å². The third kappa shape index (κ3) is 2.74. The molecule has 0 unspecified atom stereocenters. The summed E-state index contributed by atoms with van der Waals surface area (Å²) in [6.07, 6.45) is 0.342. The average Bonchev–Trinajstić information content (AvgIpc) is 2.27. The lowest BCUT2D eigenvalue weighted by Crippen LogP contribution is -2.53. The summed E-state index contributed by atoms with van der Waals surface area (Å²) in [5.41, 5.74) is 2.20. The summed E-state index contributed by atoms with van der Waals surface area (Å²) in [7, 11) is 0. The van der Waals surface area contributed by atoms with Crippen LogP contribution in [-0.2, 0) is 16.0 Å². The molecule has 18 heavy (non-hydrogen) atoms. The number of nitrogens with one attached hydrogen (secondary N) is 1. The molecule has 0 aromatic heterocycles. The molecular formula is C13H14N2O3. The summed E-state index contributed by atoms with van der Waals surface area (Å²) in [5, 5.41) is 2.13. The van der Waals surface area contributed by atoms with E-state index in [1.807, 2.05) is 31.2 Å². The first-order valence-corrected chi connectivity index (χ1v) is 5.76. The first-order chi connectivity index (χ1) is 8.56. The van der Waals surface area contributed by atoms with Crippen molar-refractivity contribution in [2.45, 2.75) is 19.8 Å². The van der Waals surface area contributed by atoms with E-state index in [4.69, 9.17) is 0 Å². The summed E-state index contributed by atoms with van der Waals surface area (Å²) in [5.74, 6) is -0.965. The van der Waals surface area contributed by atoms with Crippen molar-refractivity contribution < 1.29 is 14.4 Å². The Hall–Kier alpha value is -2.17. The maximum Gasteiger partial charge on any atom is 0.330 e. The molecule has 1 N–H and O–H groups in total. The van der Waals surface area contributed by atoms with Crippen molar-refractivity contribution in [1.82, 2.24) is 10.2 Å². The molecule has 0 radical (unpaired) electrons. The Balaban J connectivity index is 1.99. The summed E-state index contributed by atoms with van der Waals surface area (Å²) in [6, 6.07) is 7.26. The fourth-order valence-electron chi connectivity index (χ4n) is 1.91. The fourth-order valence-corrected chi connectivity index (χ4v) is 1.91. The van der Waals surface area contributed by atoms with Crippen LogP contribution in [0, 0.1) is 6.92 Å². The molecule has 0 saturated carbocycles. The number of amides is 4. The highest BCUT2D eigenvalue weighted by molar-refractivity contribution is 6.14. The first kappa shape index (κ1) is 12.3. The Morgan fingerprint density at radius 1 is 1.28 bits per heavy atom. The van der Waals surface area contributed by atoms with Crippen LogP contribution in [-0.4, -0.2) is 29.3 Å². The van der Waals surface area contributed by atoms with Crippen molar-refractivity contribution in [3.63, 3.8) is 0 Å². The Labute approximate surface area is 105 Å². The minimum atomic E-state index is -0.621. The third-order valence-electron chi connectivity index (χ3n) is 2.81. The van der Waals surface area contributed by atoms with E-state index in [9.17, 15) is 14.4 Å². The lowest BCUT2D eigenvalue weighted by atomic mass is 10.1. The van der Waals surface area contributed by atoms with Gasteiger partial charge in [-0.05, 0) is 18.9 Å². The highest BCUT2D eigenvalue weighted by Gasteiger charge is 2.30. The zero-order chi connectivity index (χ0) is 13.1. The molecule has 1 aromatic rings. The van der Waals surface area contributed by atoms with Crippen LogP contribution in [0.3, 0.4) is 0 Å². The summed E-state index contributed by atoms with van der Waals surface area (Å²) < 4.78 is 0. The second kappa shape index (κ2) is 5.00. The highest BCUT2D eigenvalue weighted by Crippen LogP contribution is 2.08. The lowest BCUT2D eigenvalue weighted by molar-refractivity contribution is -0.136. The van der Waals surface area contributed by atoms with Gasteiger partial charge in [0.2, 0.25) is 11.8 Å². The first-order valence-electron chi connectivity index (χ1n) is 5.76. The predicted molar refractivity (Wildman–Crippen MR) is 64.8 cm³/mol. The number of aryl methyl sites for hydroxylation is 1. The average molecular weight is 246 g/mol. The van der Waals surface area contributed by atoms with Gasteiger partial charge >= 0.3 is 6.03 Å². The molecule has 1 aliphatic rings. The second-order valence-corrected chi connectivity index (χ2v) is 4.31. The quantitative estimate of drug-likeness (QED) is 0.809. The molecule has 1 aliphatic heterocycles. The monoisotopic (exact) mass is 246 g/mol.